The van der Waals surface area contributed by atoms with Crippen LogP contribution in [0.5, 0.6) is 5.75 Å². The van der Waals surface area contributed by atoms with Crippen LogP contribution in [0.15, 0.2) is 24.3 Å². The van der Waals surface area contributed by atoms with Crippen LogP contribution in [0.1, 0.15) is 17.3 Å². The van der Waals surface area contributed by atoms with E-state index in [-0.39, 0.29) is 18.2 Å². The number of carbonyl (C=O) groups excluding carboxylic acids is 1. The summed E-state index contributed by atoms with van der Waals surface area (Å²) in [6.45, 7) is 7.85. The van der Waals surface area contributed by atoms with E-state index in [0.29, 0.717) is 17.9 Å². The van der Waals surface area contributed by atoms with Gasteiger partial charge in [0.1, 0.15) is 12.4 Å². The smallest absolute Gasteiger partial charge is 0.163 e. The van der Waals surface area contributed by atoms with Crippen molar-refractivity contribution >= 4 is 18.2 Å². The van der Waals surface area contributed by atoms with Crippen molar-refractivity contribution < 1.29 is 9.53 Å². The zero-order valence-electron chi connectivity index (χ0n) is 12.4. The maximum atomic E-state index is 11.5. The summed E-state index contributed by atoms with van der Waals surface area (Å²) >= 11 is 0. The fraction of sp³-hybridized carbons (Fsp3) is 0.562. The molecule has 2 atom stereocenters. The number of nitrogens with one attached hydrogen (secondary N) is 1. The summed E-state index contributed by atoms with van der Waals surface area (Å²) in [5.74, 6) is 2.41. The largest absolute Gasteiger partial charge is 0.491 e. The molecule has 0 unspecified atom stereocenters. The Kier molecular flexibility index (Phi) is 5.62. The maximum Gasteiger partial charge on any atom is 0.163 e. The number of Topliss-reactive ketones (excluding diaryl/α,β-unsaturated/α-hetero) is 1. The van der Waals surface area contributed by atoms with Crippen LogP contribution in [0, 0.1) is 11.8 Å². The van der Waals surface area contributed by atoms with Crippen molar-refractivity contribution in [2.45, 2.75) is 6.92 Å². The van der Waals surface area contributed by atoms with Gasteiger partial charge < -0.3 is 10.1 Å². The molecular formula is C16H23ClN2O2. The second-order valence-corrected chi connectivity index (χ2v) is 5.84. The summed E-state index contributed by atoms with van der Waals surface area (Å²) in [5.41, 5.74) is 0.676. The molecule has 1 aromatic carbocycles. The van der Waals surface area contributed by atoms with Crippen molar-refractivity contribution in [2.24, 2.45) is 11.8 Å². The summed E-state index contributed by atoms with van der Waals surface area (Å²) < 4.78 is 5.80. The van der Waals surface area contributed by atoms with Crippen LogP contribution in [-0.2, 0) is 0 Å². The highest BCUT2D eigenvalue weighted by Gasteiger charge is 2.35. The minimum Gasteiger partial charge on any atom is -0.491 e. The summed E-state index contributed by atoms with van der Waals surface area (Å²) in [6, 6.07) is 7.48. The van der Waals surface area contributed by atoms with Crippen molar-refractivity contribution in [3.8, 4) is 5.75 Å². The fourth-order valence-electron chi connectivity index (χ4n) is 3.30. The molecule has 2 aliphatic rings. The number of carbonyl (C=O) groups is 1. The molecule has 3 rings (SSSR count). The Hall–Kier alpha value is -1.10. The SMILES string of the molecule is CC(=O)c1ccccc1OCCN1C[C@H]2CNC[C@H]2C1.Cl. The van der Waals surface area contributed by atoms with Crippen LogP contribution in [-0.4, -0.2) is 50.0 Å². The van der Waals surface area contributed by atoms with Crippen molar-refractivity contribution in [3.05, 3.63) is 29.8 Å². The van der Waals surface area contributed by atoms with E-state index in [1.54, 1.807) is 6.92 Å². The van der Waals surface area contributed by atoms with Gasteiger partial charge in [-0.25, -0.2) is 0 Å². The molecule has 0 spiro atoms. The predicted octanol–water partition coefficient (Wildman–Crippen LogP) is 1.84. The van der Waals surface area contributed by atoms with Crippen LogP contribution in [0.4, 0.5) is 0 Å². The first-order valence-corrected chi connectivity index (χ1v) is 7.40. The summed E-state index contributed by atoms with van der Waals surface area (Å²) in [4.78, 5) is 14.0. The Morgan fingerprint density at radius 1 is 1.29 bits per heavy atom. The molecule has 2 heterocycles. The van der Waals surface area contributed by atoms with Gasteiger partial charge in [0.15, 0.2) is 5.78 Å². The zero-order valence-corrected chi connectivity index (χ0v) is 13.2. The standard InChI is InChI=1S/C16H22N2O2.ClH/c1-12(19)15-4-2-3-5-16(15)20-7-6-18-10-13-8-17-9-14(13)11-18;/h2-5,13-14,17H,6-11H2,1H3;1H/t13-,14+;. The van der Waals surface area contributed by atoms with Gasteiger partial charge in [-0.1, -0.05) is 12.1 Å². The van der Waals surface area contributed by atoms with Crippen LogP contribution in [0.2, 0.25) is 0 Å². The van der Waals surface area contributed by atoms with Crippen molar-refractivity contribution in [2.75, 3.05) is 39.3 Å². The van der Waals surface area contributed by atoms with Crippen LogP contribution >= 0.6 is 12.4 Å². The molecule has 4 nitrogen and oxygen atoms in total. The molecule has 1 aromatic rings. The van der Waals surface area contributed by atoms with Crippen LogP contribution < -0.4 is 10.1 Å². The lowest BCUT2D eigenvalue weighted by Crippen LogP contribution is -2.29. The lowest BCUT2D eigenvalue weighted by atomic mass is 10.0. The Morgan fingerprint density at radius 2 is 1.95 bits per heavy atom. The van der Waals surface area contributed by atoms with Gasteiger partial charge in [0.05, 0.1) is 5.56 Å². The van der Waals surface area contributed by atoms with Gasteiger partial charge in [-0.3, -0.25) is 9.69 Å². The number of hydrogen-bond acceptors (Lipinski definition) is 4. The van der Waals surface area contributed by atoms with Gasteiger partial charge in [-0.05, 0) is 44.0 Å². The lowest BCUT2D eigenvalue weighted by molar-refractivity contribution is 0.101. The second-order valence-electron chi connectivity index (χ2n) is 5.84. The molecule has 116 valence electrons. The zero-order chi connectivity index (χ0) is 13.9. The van der Waals surface area contributed by atoms with Crippen LogP contribution in [0.25, 0.3) is 0 Å². The Bertz CT molecular complexity index is 483. The van der Waals surface area contributed by atoms with Gasteiger partial charge in [0, 0.05) is 19.6 Å². The Morgan fingerprint density at radius 3 is 2.62 bits per heavy atom. The molecule has 2 fully saturated rings. The number of ether oxygens (including phenoxy) is 1. The number of benzene rings is 1. The molecule has 0 amide bonds. The minimum atomic E-state index is 0. The molecule has 0 aromatic heterocycles. The van der Waals surface area contributed by atoms with E-state index in [2.05, 4.69) is 10.2 Å². The molecular weight excluding hydrogens is 288 g/mol. The highest BCUT2D eigenvalue weighted by atomic mass is 35.5. The third-order valence-electron chi connectivity index (χ3n) is 4.40. The van der Waals surface area contributed by atoms with Crippen molar-refractivity contribution in [1.82, 2.24) is 10.2 Å². The number of halogens is 1. The molecule has 0 aliphatic carbocycles. The molecule has 0 radical (unpaired) electrons. The number of hydrogen-bond donors (Lipinski definition) is 1. The van der Waals surface area contributed by atoms with Gasteiger partial charge in [0.2, 0.25) is 0 Å². The average Bonchev–Trinajstić information content (AvgIpc) is 3.00. The first kappa shape index (κ1) is 16.3. The number of likely N-dealkylation sites (tertiary alicyclic amines) is 1. The normalized spacial score (nSPS) is 24.4. The van der Waals surface area contributed by atoms with E-state index in [1.807, 2.05) is 24.3 Å². The first-order chi connectivity index (χ1) is 9.74. The van der Waals surface area contributed by atoms with E-state index in [1.165, 1.54) is 13.1 Å². The molecule has 0 bridgehead atoms. The first-order valence-electron chi connectivity index (χ1n) is 7.40. The number of ketones is 1. The Balaban J connectivity index is 0.00000161. The third kappa shape index (κ3) is 3.76. The lowest BCUT2D eigenvalue weighted by Gasteiger charge is -2.17. The molecule has 2 saturated heterocycles. The third-order valence-corrected chi connectivity index (χ3v) is 4.40. The van der Waals surface area contributed by atoms with E-state index in [0.717, 1.165) is 31.5 Å². The quantitative estimate of drug-likeness (QED) is 0.843. The second kappa shape index (κ2) is 7.25. The van der Waals surface area contributed by atoms with E-state index >= 15 is 0 Å². The van der Waals surface area contributed by atoms with Gasteiger partial charge in [-0.15, -0.1) is 12.4 Å². The van der Waals surface area contributed by atoms with Crippen LogP contribution in [0.3, 0.4) is 0 Å². The Labute approximate surface area is 132 Å². The highest BCUT2D eigenvalue weighted by molar-refractivity contribution is 5.96. The fourth-order valence-corrected chi connectivity index (χ4v) is 3.30. The minimum absolute atomic E-state index is 0. The molecule has 0 saturated carbocycles. The highest BCUT2D eigenvalue weighted by Crippen LogP contribution is 2.26. The van der Waals surface area contributed by atoms with Gasteiger partial charge in [-0.2, -0.15) is 0 Å². The molecule has 5 heteroatoms. The average molecular weight is 311 g/mol. The number of rotatable bonds is 5. The number of para-hydroxylation sites is 1. The maximum absolute atomic E-state index is 11.5. The van der Waals surface area contributed by atoms with E-state index in [4.69, 9.17) is 4.74 Å². The topological polar surface area (TPSA) is 41.6 Å². The van der Waals surface area contributed by atoms with Gasteiger partial charge >= 0.3 is 0 Å². The monoisotopic (exact) mass is 310 g/mol. The van der Waals surface area contributed by atoms with E-state index in [9.17, 15) is 4.79 Å². The summed E-state index contributed by atoms with van der Waals surface area (Å²) in [7, 11) is 0. The summed E-state index contributed by atoms with van der Waals surface area (Å²) in [5, 5.41) is 3.45. The summed E-state index contributed by atoms with van der Waals surface area (Å²) in [6.07, 6.45) is 0. The van der Waals surface area contributed by atoms with Gasteiger partial charge in [0.25, 0.3) is 0 Å². The molecule has 2 aliphatic heterocycles. The van der Waals surface area contributed by atoms with Crippen molar-refractivity contribution in [3.63, 3.8) is 0 Å². The number of fused-ring (bicyclic) bond motifs is 1. The predicted molar refractivity (Wildman–Crippen MR) is 85.5 cm³/mol. The molecule has 1 N–H and O–H groups in total. The molecule has 21 heavy (non-hydrogen) atoms. The van der Waals surface area contributed by atoms with Crippen molar-refractivity contribution in [1.29, 1.82) is 0 Å². The number of nitrogens with zero attached hydrogens (tertiary/aromatic N) is 1. The van der Waals surface area contributed by atoms with E-state index < -0.39 is 0 Å².